The number of nitrogens with two attached hydrogens (primary N) is 1. The number of piperidine rings is 1. The molecule has 8 heteroatoms. The number of carbonyl (C=O) groups is 1. The molecule has 1 amide bonds. The van der Waals surface area contributed by atoms with E-state index in [4.69, 9.17) is 7.10 Å². The van der Waals surface area contributed by atoms with Gasteiger partial charge in [-0.3, -0.25) is 4.79 Å². The van der Waals surface area contributed by atoms with E-state index in [1.807, 2.05) is 49.5 Å². The van der Waals surface area contributed by atoms with Gasteiger partial charge in [-0.2, -0.15) is 0 Å². The number of aromatic nitrogens is 1. The van der Waals surface area contributed by atoms with E-state index in [1.54, 1.807) is 10.4 Å². The van der Waals surface area contributed by atoms with Crippen LogP contribution in [0.4, 0.5) is 0 Å². The largest absolute Gasteiger partial charge is 0.366 e. The monoisotopic (exact) mass is 484 g/mol. The molecule has 3 aromatic rings. The Labute approximate surface area is 203 Å². The standard InChI is InChI=1S/C26H34N4O3S/c1-18-6-4-7-20(14-18)21-15-22-24(17-28-25(22)23(16-21)26(27)31)19-8-11-30(12-9-19)34(32,33)13-5-10-29(2)3/h4,6-7,14-17,19,28H,5,8-13H2,1-3H3,(H2,27,31)/i1T. The molecular formula is C26H34N4O3S. The SMILES string of the molecule is [3H]Cc1cccc(-c2cc(C(N)=O)c3[nH]cc(C4CCN(S(=O)(=O)CCCN(C)C)CC4)c3c2)c1. The minimum Gasteiger partial charge on any atom is -0.366 e. The zero-order valence-electron chi connectivity index (χ0n) is 20.9. The first kappa shape index (κ1) is 23.1. The molecule has 0 saturated carbocycles. The molecule has 34 heavy (non-hydrogen) atoms. The Kier molecular flexibility index (Phi) is 6.72. The van der Waals surface area contributed by atoms with Crippen molar-refractivity contribution in [2.24, 2.45) is 5.73 Å². The minimum absolute atomic E-state index is 0.172. The summed E-state index contributed by atoms with van der Waals surface area (Å²) in [7, 11) is 0.631. The molecule has 0 aliphatic carbocycles. The number of aryl methyl sites for hydroxylation is 1. The highest BCUT2D eigenvalue weighted by atomic mass is 32.2. The topological polar surface area (TPSA) is 99.5 Å². The quantitative estimate of drug-likeness (QED) is 0.509. The first-order chi connectivity index (χ1) is 16.7. The minimum atomic E-state index is -3.26. The van der Waals surface area contributed by atoms with Crippen molar-refractivity contribution in [3.63, 3.8) is 0 Å². The van der Waals surface area contributed by atoms with Gasteiger partial charge in [0, 0.05) is 26.0 Å². The van der Waals surface area contributed by atoms with Gasteiger partial charge in [0.2, 0.25) is 10.0 Å². The van der Waals surface area contributed by atoms with E-state index in [1.165, 1.54) is 0 Å². The zero-order valence-corrected chi connectivity index (χ0v) is 20.7. The third-order valence-electron chi connectivity index (χ3n) is 6.64. The molecule has 1 aliphatic rings. The van der Waals surface area contributed by atoms with Crippen molar-refractivity contribution < 1.29 is 14.6 Å². The lowest BCUT2D eigenvalue weighted by Gasteiger charge is -2.31. The van der Waals surface area contributed by atoms with Crippen molar-refractivity contribution in [3.8, 4) is 11.1 Å². The Morgan fingerprint density at radius 3 is 2.65 bits per heavy atom. The van der Waals surface area contributed by atoms with Crippen LogP contribution in [0.5, 0.6) is 0 Å². The van der Waals surface area contributed by atoms with Crippen molar-refractivity contribution in [1.82, 2.24) is 14.2 Å². The Hall–Kier alpha value is -2.68. The highest BCUT2D eigenvalue weighted by molar-refractivity contribution is 7.89. The van der Waals surface area contributed by atoms with Crippen LogP contribution < -0.4 is 5.73 Å². The lowest BCUT2D eigenvalue weighted by molar-refractivity contribution is 0.100. The molecule has 2 aromatic carbocycles. The number of primary amides is 1. The van der Waals surface area contributed by atoms with Gasteiger partial charge in [0.1, 0.15) is 0 Å². The third kappa shape index (κ3) is 5.19. The van der Waals surface area contributed by atoms with E-state index in [2.05, 4.69) is 11.1 Å². The van der Waals surface area contributed by atoms with Crippen LogP contribution in [-0.2, 0) is 10.0 Å². The molecule has 3 N–H and O–H groups in total. The molecule has 7 nitrogen and oxygen atoms in total. The van der Waals surface area contributed by atoms with Gasteiger partial charge >= 0.3 is 0 Å². The molecule has 2 heterocycles. The summed E-state index contributed by atoms with van der Waals surface area (Å²) in [5.74, 6) is -0.140. The second-order valence-corrected chi connectivity index (χ2v) is 11.5. The summed E-state index contributed by atoms with van der Waals surface area (Å²) in [6.07, 6.45) is 4.01. The Balaban J connectivity index is 1.60. The summed E-state index contributed by atoms with van der Waals surface area (Å²) in [6.45, 7) is 1.93. The molecule has 0 spiro atoms. The van der Waals surface area contributed by atoms with Crippen LogP contribution in [0.3, 0.4) is 0 Å². The van der Waals surface area contributed by atoms with Gasteiger partial charge in [0.25, 0.3) is 5.91 Å². The van der Waals surface area contributed by atoms with Gasteiger partial charge in [0.15, 0.2) is 0 Å². The maximum atomic E-state index is 12.8. The van der Waals surface area contributed by atoms with Gasteiger partial charge in [-0.25, -0.2) is 12.7 Å². The van der Waals surface area contributed by atoms with E-state index < -0.39 is 15.9 Å². The molecule has 0 radical (unpaired) electrons. The van der Waals surface area contributed by atoms with Crippen molar-refractivity contribution in [3.05, 3.63) is 59.3 Å². The second kappa shape index (κ2) is 9.90. The van der Waals surface area contributed by atoms with Crippen LogP contribution in [0.25, 0.3) is 22.0 Å². The Bertz CT molecular complexity index is 1310. The van der Waals surface area contributed by atoms with Crippen LogP contribution in [0, 0.1) is 6.90 Å². The van der Waals surface area contributed by atoms with Gasteiger partial charge in [-0.15, -0.1) is 0 Å². The Morgan fingerprint density at radius 2 is 1.97 bits per heavy atom. The van der Waals surface area contributed by atoms with Crippen LogP contribution in [0.2, 0.25) is 0 Å². The fourth-order valence-electron chi connectivity index (χ4n) is 4.84. The predicted octanol–water partition coefficient (Wildman–Crippen LogP) is 3.70. The van der Waals surface area contributed by atoms with Crippen LogP contribution in [-0.4, -0.2) is 68.0 Å². The number of fused-ring (bicyclic) bond motifs is 1. The summed E-state index contributed by atoms with van der Waals surface area (Å²) in [4.78, 5) is 17.5. The molecule has 1 aromatic heterocycles. The summed E-state index contributed by atoms with van der Waals surface area (Å²) in [5, 5.41) is 0.944. The van der Waals surface area contributed by atoms with Crippen LogP contribution >= 0.6 is 0 Å². The highest BCUT2D eigenvalue weighted by Crippen LogP contribution is 2.37. The van der Waals surface area contributed by atoms with Crippen molar-refractivity contribution >= 4 is 26.8 Å². The van der Waals surface area contributed by atoms with Crippen LogP contribution in [0.15, 0.2) is 42.6 Å². The number of carbonyl (C=O) groups excluding carboxylic acids is 1. The van der Waals surface area contributed by atoms with Crippen LogP contribution in [0.1, 0.15) is 48.0 Å². The number of sulfonamides is 1. The van der Waals surface area contributed by atoms with Gasteiger partial charge < -0.3 is 15.6 Å². The van der Waals surface area contributed by atoms with E-state index in [0.29, 0.717) is 30.6 Å². The highest BCUT2D eigenvalue weighted by Gasteiger charge is 2.30. The number of amides is 1. The number of aromatic amines is 1. The lowest BCUT2D eigenvalue weighted by Crippen LogP contribution is -2.39. The number of nitrogens with zero attached hydrogens (tertiary/aromatic N) is 2. The maximum Gasteiger partial charge on any atom is 0.250 e. The molecule has 182 valence electrons. The number of benzene rings is 2. The summed E-state index contributed by atoms with van der Waals surface area (Å²) in [5.41, 5.74) is 10.7. The maximum absolute atomic E-state index is 12.8. The number of hydrogen-bond donors (Lipinski definition) is 2. The number of hydrogen-bond acceptors (Lipinski definition) is 4. The molecule has 1 saturated heterocycles. The first-order valence-corrected chi connectivity index (χ1v) is 13.3. The molecule has 1 fully saturated rings. The number of H-pyrrole nitrogens is 1. The lowest BCUT2D eigenvalue weighted by atomic mass is 9.88. The van der Waals surface area contributed by atoms with E-state index >= 15 is 0 Å². The summed E-state index contributed by atoms with van der Waals surface area (Å²) >= 11 is 0. The fraction of sp³-hybridized carbons (Fsp3) is 0.423. The average molecular weight is 485 g/mol. The number of rotatable bonds is 8. The fourth-order valence-corrected chi connectivity index (χ4v) is 6.36. The molecule has 0 unspecified atom stereocenters. The summed E-state index contributed by atoms with van der Waals surface area (Å²) < 4.78 is 34.9. The van der Waals surface area contributed by atoms with E-state index in [9.17, 15) is 13.2 Å². The predicted molar refractivity (Wildman–Crippen MR) is 137 cm³/mol. The van der Waals surface area contributed by atoms with Crippen molar-refractivity contribution in [2.45, 2.75) is 32.1 Å². The van der Waals surface area contributed by atoms with Gasteiger partial charge in [-0.05, 0) is 81.5 Å². The second-order valence-electron chi connectivity index (χ2n) is 9.40. The molecule has 1 aliphatic heterocycles. The van der Waals surface area contributed by atoms with E-state index in [-0.39, 0.29) is 18.6 Å². The molecule has 0 atom stereocenters. The molecule has 4 rings (SSSR count). The average Bonchev–Trinajstić information content (AvgIpc) is 3.27. The smallest absolute Gasteiger partial charge is 0.250 e. The Morgan fingerprint density at radius 1 is 1.21 bits per heavy atom. The number of nitrogens with one attached hydrogen (secondary N) is 1. The zero-order chi connectivity index (χ0) is 25.2. The van der Waals surface area contributed by atoms with Crippen molar-refractivity contribution in [2.75, 3.05) is 39.5 Å². The normalized spacial score (nSPS) is 16.3. The van der Waals surface area contributed by atoms with Gasteiger partial charge in [0.05, 0.1) is 16.8 Å². The summed E-state index contributed by atoms with van der Waals surface area (Å²) in [6, 6.07) is 11.6. The molecular weight excluding hydrogens is 448 g/mol. The third-order valence-corrected chi connectivity index (χ3v) is 8.60. The van der Waals surface area contributed by atoms with Crippen molar-refractivity contribution in [1.29, 1.82) is 0 Å². The molecule has 0 bridgehead atoms. The first-order valence-electron chi connectivity index (χ1n) is 12.4. The van der Waals surface area contributed by atoms with E-state index in [0.717, 1.165) is 47.0 Å². The van der Waals surface area contributed by atoms with Gasteiger partial charge in [-0.1, -0.05) is 29.8 Å².